The van der Waals surface area contributed by atoms with Gasteiger partial charge in [0.15, 0.2) is 5.82 Å². The van der Waals surface area contributed by atoms with E-state index in [4.69, 9.17) is 4.52 Å². The highest BCUT2D eigenvalue weighted by Crippen LogP contribution is 2.14. The fourth-order valence-corrected chi connectivity index (χ4v) is 1.77. The summed E-state index contributed by atoms with van der Waals surface area (Å²) in [5.41, 5.74) is 0. The summed E-state index contributed by atoms with van der Waals surface area (Å²) < 4.78 is 5.08. The molecular weight excluding hydrogens is 166 g/mol. The number of nitrogens with zero attached hydrogens (tertiary/aromatic N) is 2. The van der Waals surface area contributed by atoms with Crippen LogP contribution in [0.5, 0.6) is 0 Å². The lowest BCUT2D eigenvalue weighted by atomic mass is 9.96. The van der Waals surface area contributed by atoms with E-state index in [0.29, 0.717) is 5.92 Å². The van der Waals surface area contributed by atoms with E-state index in [1.54, 1.807) is 0 Å². The minimum absolute atomic E-state index is 0.675. The first kappa shape index (κ1) is 8.69. The SMILES string of the molecule is Cc1noc(CC2CCCNC2)n1. The number of aryl methyl sites for hydroxylation is 1. The lowest BCUT2D eigenvalue weighted by Gasteiger charge is -2.20. The monoisotopic (exact) mass is 181 g/mol. The van der Waals surface area contributed by atoms with Gasteiger partial charge < -0.3 is 9.84 Å². The van der Waals surface area contributed by atoms with E-state index in [0.717, 1.165) is 31.2 Å². The van der Waals surface area contributed by atoms with Crippen LogP contribution >= 0.6 is 0 Å². The molecule has 1 atom stereocenters. The number of aromatic nitrogens is 2. The molecule has 0 bridgehead atoms. The second kappa shape index (κ2) is 3.87. The molecular formula is C9H15N3O. The van der Waals surface area contributed by atoms with Gasteiger partial charge in [0.25, 0.3) is 0 Å². The minimum atomic E-state index is 0.675. The van der Waals surface area contributed by atoms with Crippen molar-refractivity contribution in [2.75, 3.05) is 13.1 Å². The summed E-state index contributed by atoms with van der Waals surface area (Å²) in [5.74, 6) is 2.19. The molecule has 0 aromatic carbocycles. The zero-order valence-electron chi connectivity index (χ0n) is 7.92. The van der Waals surface area contributed by atoms with E-state index >= 15 is 0 Å². The van der Waals surface area contributed by atoms with Gasteiger partial charge in [-0.3, -0.25) is 0 Å². The molecule has 13 heavy (non-hydrogen) atoms. The summed E-state index contributed by atoms with van der Waals surface area (Å²) >= 11 is 0. The van der Waals surface area contributed by atoms with Crippen LogP contribution < -0.4 is 5.32 Å². The molecule has 0 saturated carbocycles. The molecule has 1 N–H and O–H groups in total. The number of piperidine rings is 1. The van der Waals surface area contributed by atoms with Crippen LogP contribution in [-0.4, -0.2) is 23.2 Å². The van der Waals surface area contributed by atoms with Gasteiger partial charge in [-0.1, -0.05) is 5.16 Å². The number of rotatable bonds is 2. The van der Waals surface area contributed by atoms with Crippen LogP contribution in [0, 0.1) is 12.8 Å². The van der Waals surface area contributed by atoms with Gasteiger partial charge in [-0.15, -0.1) is 0 Å². The standard InChI is InChI=1S/C9H15N3O/c1-7-11-9(13-12-7)5-8-3-2-4-10-6-8/h8,10H,2-6H2,1H3. The first-order valence-corrected chi connectivity index (χ1v) is 4.84. The summed E-state index contributed by atoms with van der Waals surface area (Å²) in [4.78, 5) is 4.20. The molecule has 0 radical (unpaired) electrons. The Balaban J connectivity index is 1.89. The Kier molecular flexibility index (Phi) is 2.59. The quantitative estimate of drug-likeness (QED) is 0.737. The normalized spacial score (nSPS) is 23.3. The lowest BCUT2D eigenvalue weighted by Crippen LogP contribution is -2.30. The molecule has 72 valence electrons. The predicted molar refractivity (Wildman–Crippen MR) is 48.3 cm³/mol. The van der Waals surface area contributed by atoms with Gasteiger partial charge in [0.05, 0.1) is 0 Å². The van der Waals surface area contributed by atoms with Gasteiger partial charge >= 0.3 is 0 Å². The third-order valence-electron chi connectivity index (χ3n) is 2.43. The molecule has 1 saturated heterocycles. The maximum Gasteiger partial charge on any atom is 0.226 e. The van der Waals surface area contributed by atoms with E-state index in [2.05, 4.69) is 15.5 Å². The van der Waals surface area contributed by atoms with Crippen LogP contribution in [0.15, 0.2) is 4.52 Å². The van der Waals surface area contributed by atoms with Crippen molar-refractivity contribution in [2.45, 2.75) is 26.2 Å². The van der Waals surface area contributed by atoms with Gasteiger partial charge in [0.1, 0.15) is 0 Å². The first-order chi connectivity index (χ1) is 6.34. The van der Waals surface area contributed by atoms with E-state index in [1.807, 2.05) is 6.92 Å². The van der Waals surface area contributed by atoms with Gasteiger partial charge in [0.2, 0.25) is 5.89 Å². The molecule has 4 nitrogen and oxygen atoms in total. The molecule has 1 unspecified atom stereocenters. The van der Waals surface area contributed by atoms with Crippen LogP contribution in [0.4, 0.5) is 0 Å². The minimum Gasteiger partial charge on any atom is -0.339 e. The van der Waals surface area contributed by atoms with E-state index in [1.165, 1.54) is 12.8 Å². The summed E-state index contributed by atoms with van der Waals surface area (Å²) in [7, 11) is 0. The van der Waals surface area contributed by atoms with Crippen LogP contribution in [0.3, 0.4) is 0 Å². The zero-order valence-corrected chi connectivity index (χ0v) is 7.92. The fourth-order valence-electron chi connectivity index (χ4n) is 1.77. The highest BCUT2D eigenvalue weighted by atomic mass is 16.5. The Morgan fingerprint density at radius 1 is 1.62 bits per heavy atom. The topological polar surface area (TPSA) is 51.0 Å². The maximum absolute atomic E-state index is 5.08. The van der Waals surface area contributed by atoms with Gasteiger partial charge in [-0.05, 0) is 38.8 Å². The lowest BCUT2D eigenvalue weighted by molar-refractivity contribution is 0.315. The molecule has 0 aliphatic carbocycles. The second-order valence-corrected chi connectivity index (χ2v) is 3.65. The Hall–Kier alpha value is -0.900. The van der Waals surface area contributed by atoms with Crippen molar-refractivity contribution in [1.29, 1.82) is 0 Å². The second-order valence-electron chi connectivity index (χ2n) is 3.65. The average molecular weight is 181 g/mol. The van der Waals surface area contributed by atoms with Crippen molar-refractivity contribution in [3.63, 3.8) is 0 Å². The highest BCUT2D eigenvalue weighted by Gasteiger charge is 2.16. The smallest absolute Gasteiger partial charge is 0.226 e. The Labute approximate surface area is 77.7 Å². The van der Waals surface area contributed by atoms with Crippen molar-refractivity contribution in [3.8, 4) is 0 Å². The van der Waals surface area contributed by atoms with Crippen molar-refractivity contribution in [3.05, 3.63) is 11.7 Å². The van der Waals surface area contributed by atoms with Gasteiger partial charge in [0, 0.05) is 6.42 Å². The largest absolute Gasteiger partial charge is 0.339 e. The molecule has 1 aromatic heterocycles. The highest BCUT2D eigenvalue weighted by molar-refractivity contribution is 4.86. The Bertz CT molecular complexity index is 266. The van der Waals surface area contributed by atoms with Gasteiger partial charge in [-0.2, -0.15) is 4.98 Å². The summed E-state index contributed by atoms with van der Waals surface area (Å²) in [6, 6.07) is 0. The molecule has 0 amide bonds. The van der Waals surface area contributed by atoms with Gasteiger partial charge in [-0.25, -0.2) is 0 Å². The van der Waals surface area contributed by atoms with Crippen LogP contribution in [0.1, 0.15) is 24.6 Å². The molecule has 2 heterocycles. The Morgan fingerprint density at radius 3 is 3.15 bits per heavy atom. The third kappa shape index (κ3) is 2.28. The fraction of sp³-hybridized carbons (Fsp3) is 0.778. The first-order valence-electron chi connectivity index (χ1n) is 4.84. The van der Waals surface area contributed by atoms with Crippen molar-refractivity contribution in [2.24, 2.45) is 5.92 Å². The zero-order chi connectivity index (χ0) is 9.10. The van der Waals surface area contributed by atoms with E-state index < -0.39 is 0 Å². The molecule has 1 fully saturated rings. The number of hydrogen-bond donors (Lipinski definition) is 1. The van der Waals surface area contributed by atoms with Crippen LogP contribution in [-0.2, 0) is 6.42 Å². The summed E-state index contributed by atoms with van der Waals surface area (Å²) in [6.45, 7) is 4.09. The van der Waals surface area contributed by atoms with Crippen molar-refractivity contribution >= 4 is 0 Å². The van der Waals surface area contributed by atoms with Crippen molar-refractivity contribution in [1.82, 2.24) is 15.5 Å². The number of nitrogens with one attached hydrogen (secondary N) is 1. The maximum atomic E-state index is 5.08. The van der Waals surface area contributed by atoms with E-state index in [9.17, 15) is 0 Å². The van der Waals surface area contributed by atoms with Crippen LogP contribution in [0.2, 0.25) is 0 Å². The molecule has 1 aliphatic rings. The van der Waals surface area contributed by atoms with Crippen molar-refractivity contribution < 1.29 is 4.52 Å². The third-order valence-corrected chi connectivity index (χ3v) is 2.43. The molecule has 1 aromatic rings. The summed E-state index contributed by atoms with van der Waals surface area (Å²) in [5, 5.41) is 7.15. The predicted octanol–water partition coefficient (Wildman–Crippen LogP) is 0.920. The summed E-state index contributed by atoms with van der Waals surface area (Å²) in [6.07, 6.45) is 3.46. The molecule has 4 heteroatoms. The van der Waals surface area contributed by atoms with E-state index in [-0.39, 0.29) is 0 Å². The average Bonchev–Trinajstić information content (AvgIpc) is 2.53. The number of hydrogen-bond acceptors (Lipinski definition) is 4. The molecule has 0 spiro atoms. The molecule has 1 aliphatic heterocycles. The van der Waals surface area contributed by atoms with Crippen LogP contribution in [0.25, 0.3) is 0 Å². The Morgan fingerprint density at radius 2 is 2.54 bits per heavy atom. The molecule has 2 rings (SSSR count).